The highest BCUT2D eigenvalue weighted by molar-refractivity contribution is 6.74. The van der Waals surface area contributed by atoms with Gasteiger partial charge >= 0.3 is 0 Å². The smallest absolute Gasteiger partial charge is 0.243 e. The van der Waals surface area contributed by atoms with E-state index in [-0.39, 0.29) is 30.4 Å². The first-order chi connectivity index (χ1) is 28.3. The van der Waals surface area contributed by atoms with E-state index in [9.17, 15) is 28.8 Å². The third-order valence-electron chi connectivity index (χ3n) is 11.6. The number of rotatable bonds is 9. The first-order valence-electron chi connectivity index (χ1n) is 21.3. The highest BCUT2D eigenvalue weighted by atomic mass is 28.4. The molecule has 2 aromatic rings. The van der Waals surface area contributed by atoms with Crippen molar-refractivity contribution in [1.29, 1.82) is 0 Å². The summed E-state index contributed by atoms with van der Waals surface area (Å²) in [5, 5.41) is 14.0. The second-order valence-electron chi connectivity index (χ2n) is 20.0. The fourth-order valence-electron chi connectivity index (χ4n) is 7.55. The third kappa shape index (κ3) is 12.6. The minimum atomic E-state index is -2.32. The second kappa shape index (κ2) is 18.7. The number of H-pyrrole nitrogens is 1. The summed E-state index contributed by atoms with van der Waals surface area (Å²) in [6.07, 6.45) is 4.05. The van der Waals surface area contributed by atoms with E-state index in [1.54, 1.807) is 29.2 Å². The number of imidazole rings is 1. The molecule has 6 N–H and O–H groups in total. The quantitative estimate of drug-likeness (QED) is 0.159. The van der Waals surface area contributed by atoms with Crippen molar-refractivity contribution < 1.29 is 37.9 Å². The molecule has 0 radical (unpaired) electrons. The second-order valence-corrected chi connectivity index (χ2v) is 24.8. The van der Waals surface area contributed by atoms with E-state index in [4.69, 9.17) is 9.16 Å². The summed E-state index contributed by atoms with van der Waals surface area (Å²) in [6, 6.07) is 1.89. The molecular formula is C43H67N9O8Si. The Balaban J connectivity index is 1.51. The number of aromatic nitrogens is 2. The van der Waals surface area contributed by atoms with Crippen LogP contribution in [0.2, 0.25) is 18.1 Å². The van der Waals surface area contributed by atoms with Gasteiger partial charge in [0.25, 0.3) is 0 Å². The molecule has 336 valence electrons. The number of ether oxygens (including phenoxy) is 1. The Morgan fingerprint density at radius 3 is 2.13 bits per heavy atom. The van der Waals surface area contributed by atoms with E-state index in [2.05, 4.69) is 70.4 Å². The lowest BCUT2D eigenvalue weighted by Crippen LogP contribution is -2.60. The molecule has 61 heavy (non-hydrogen) atoms. The van der Waals surface area contributed by atoms with Crippen LogP contribution in [0, 0.1) is 0 Å². The molecule has 0 unspecified atom stereocenters. The predicted octanol–water partition coefficient (Wildman–Crippen LogP) is 1.94. The Kier molecular flexibility index (Phi) is 14.5. The number of hydrogen-bond donors (Lipinski definition) is 6. The summed E-state index contributed by atoms with van der Waals surface area (Å²) in [6.45, 7) is 21.7. The predicted molar refractivity (Wildman–Crippen MR) is 232 cm³/mol. The molecule has 0 saturated carbocycles. The van der Waals surface area contributed by atoms with Gasteiger partial charge in [-0.05, 0) is 96.8 Å². The molecule has 1 aromatic heterocycles. The summed E-state index contributed by atoms with van der Waals surface area (Å²) in [4.78, 5) is 94.8. The molecule has 17 nitrogen and oxygen atoms in total. The van der Waals surface area contributed by atoms with Crippen LogP contribution in [0.3, 0.4) is 0 Å². The highest BCUT2D eigenvalue weighted by Gasteiger charge is 2.60. The van der Waals surface area contributed by atoms with Crippen molar-refractivity contribution in [2.75, 3.05) is 26.2 Å². The molecule has 5 rings (SSSR count). The van der Waals surface area contributed by atoms with Crippen molar-refractivity contribution in [2.45, 2.75) is 154 Å². The normalized spacial score (nSPS) is 25.2. The number of carbonyl (C=O) groups excluding carboxylic acids is 6. The van der Waals surface area contributed by atoms with E-state index >= 15 is 0 Å². The number of hydrogen-bond acceptors (Lipinski definition) is 10. The molecule has 0 aliphatic carbocycles. The lowest BCUT2D eigenvalue weighted by atomic mass is 10.0. The van der Waals surface area contributed by atoms with Crippen molar-refractivity contribution in [3.05, 3.63) is 48.0 Å². The fourth-order valence-corrected chi connectivity index (χ4v) is 8.57. The highest BCUT2D eigenvalue weighted by Crippen LogP contribution is 2.41. The van der Waals surface area contributed by atoms with Gasteiger partial charge in [-0.15, -0.1) is 0 Å². The first-order valence-corrected chi connectivity index (χ1v) is 24.2. The number of benzene rings is 1. The van der Waals surface area contributed by atoms with Crippen molar-refractivity contribution in [2.24, 2.45) is 0 Å². The number of amides is 6. The van der Waals surface area contributed by atoms with Crippen LogP contribution in [-0.4, -0.2) is 137 Å². The molecule has 0 spiro atoms. The van der Waals surface area contributed by atoms with Gasteiger partial charge in [-0.1, -0.05) is 32.9 Å². The molecule has 0 bridgehead atoms. The minimum absolute atomic E-state index is 0.00679. The standard InChI is InChI=1S/C43H67N9O8Si/c1-41(2,3)50-40(58)36-35-32(24-59-61(10,11)43(7,8)9)52(35)34(54)23-46-37(55)29(19-26-14-16-28(17-15-26)60-42(4,5)6)49-38(56)30(20-27-21-44-25-47-27)48-33(53)22-45-39(57)31-13-12-18-51(31)36/h14-17,21,25,29-32,35-36H,12-13,18-20,22-24H2,1-11H3,(H,44,47)(H,45,57)(H,46,55)(H,48,53)(H,49,56)(H,50,58)/t29-,30-,31-,32+,35-,36+,52?/m0/s1. The summed E-state index contributed by atoms with van der Waals surface area (Å²) >= 11 is 0. The van der Waals surface area contributed by atoms with Gasteiger partial charge in [0.1, 0.15) is 29.5 Å². The van der Waals surface area contributed by atoms with Crippen LogP contribution in [-0.2, 0) is 46.0 Å². The van der Waals surface area contributed by atoms with Gasteiger partial charge in [-0.2, -0.15) is 0 Å². The Labute approximate surface area is 360 Å². The molecule has 3 aliphatic rings. The van der Waals surface area contributed by atoms with Crippen LogP contribution >= 0.6 is 0 Å². The Morgan fingerprint density at radius 2 is 1.52 bits per heavy atom. The zero-order chi connectivity index (χ0) is 45.1. The summed E-state index contributed by atoms with van der Waals surface area (Å²) in [5.41, 5.74) is 0.192. The number of aromatic amines is 1. The average molecular weight is 866 g/mol. The molecule has 6 atom stereocenters. The van der Waals surface area contributed by atoms with Gasteiger partial charge in [0.15, 0.2) is 8.32 Å². The van der Waals surface area contributed by atoms with E-state index in [1.807, 2.05) is 46.4 Å². The fraction of sp³-hybridized carbons (Fsp3) is 0.651. The Hall–Kier alpha value is -4.81. The maximum atomic E-state index is 14.4. The number of nitrogens with one attached hydrogen (secondary N) is 6. The first kappa shape index (κ1) is 47.2. The lowest BCUT2D eigenvalue weighted by molar-refractivity contribution is -0.135. The maximum absolute atomic E-state index is 14.4. The molecule has 6 amide bonds. The SMILES string of the molecule is CC(C)(C)NC(=O)[C@H]1[C@@H]2[C@@H](CO[Si](C)(C)C(C)(C)C)N2C(=O)CNC(=O)[C@H](Cc2ccc(OC(C)(C)C)cc2)NC(=O)[C@H](Cc2cnc[nH]2)NC(=O)CNC(=O)[C@@H]2CCCN21. The van der Waals surface area contributed by atoms with Gasteiger partial charge in [0.2, 0.25) is 35.4 Å². The van der Waals surface area contributed by atoms with E-state index < -0.39 is 98.3 Å². The molecule has 3 saturated heterocycles. The van der Waals surface area contributed by atoms with Crippen molar-refractivity contribution in [3.8, 4) is 5.75 Å². The van der Waals surface area contributed by atoms with Gasteiger partial charge < -0.3 is 45.6 Å². The monoisotopic (exact) mass is 865 g/mol. The van der Waals surface area contributed by atoms with Gasteiger partial charge in [0, 0.05) is 30.3 Å². The van der Waals surface area contributed by atoms with Crippen LogP contribution in [0.1, 0.15) is 86.4 Å². The maximum Gasteiger partial charge on any atom is 0.243 e. The zero-order valence-electron chi connectivity index (χ0n) is 37.7. The van der Waals surface area contributed by atoms with Crippen molar-refractivity contribution in [3.63, 3.8) is 0 Å². The average Bonchev–Trinajstić information content (AvgIpc) is 3.42. The third-order valence-corrected chi connectivity index (χ3v) is 16.1. The molecule has 3 aliphatic heterocycles. The summed E-state index contributed by atoms with van der Waals surface area (Å²) < 4.78 is 12.6. The molecule has 1 aromatic carbocycles. The Bertz CT molecular complexity index is 1900. The van der Waals surface area contributed by atoms with E-state index in [1.165, 1.54) is 12.5 Å². The van der Waals surface area contributed by atoms with Crippen LogP contribution in [0.4, 0.5) is 0 Å². The van der Waals surface area contributed by atoms with E-state index in [0.717, 1.165) is 0 Å². The number of nitrogens with zero attached hydrogens (tertiary/aromatic N) is 3. The van der Waals surface area contributed by atoms with E-state index in [0.29, 0.717) is 36.4 Å². The van der Waals surface area contributed by atoms with Crippen molar-refractivity contribution in [1.82, 2.24) is 46.4 Å². The zero-order valence-corrected chi connectivity index (χ0v) is 38.7. The summed E-state index contributed by atoms with van der Waals surface area (Å²) in [7, 11) is -2.32. The van der Waals surface area contributed by atoms with Crippen molar-refractivity contribution >= 4 is 43.8 Å². The van der Waals surface area contributed by atoms with Gasteiger partial charge in [0.05, 0.1) is 44.1 Å². The van der Waals surface area contributed by atoms with Gasteiger partial charge in [-0.25, -0.2) is 4.98 Å². The lowest BCUT2D eigenvalue weighted by Gasteiger charge is -2.36. The summed E-state index contributed by atoms with van der Waals surface area (Å²) in [5.74, 6) is -2.50. The Morgan fingerprint density at radius 1 is 0.869 bits per heavy atom. The van der Waals surface area contributed by atoms with Crippen LogP contribution in [0.5, 0.6) is 5.75 Å². The molecule has 3 fully saturated rings. The van der Waals surface area contributed by atoms with Crippen LogP contribution in [0.25, 0.3) is 0 Å². The largest absolute Gasteiger partial charge is 0.488 e. The van der Waals surface area contributed by atoms with Crippen LogP contribution < -0.4 is 31.3 Å². The number of fused-ring (bicyclic) bond motifs is 2. The topological polar surface area (TPSA) is 216 Å². The van der Waals surface area contributed by atoms with Gasteiger partial charge in [-0.3, -0.25) is 33.7 Å². The molecule has 18 heteroatoms. The number of carbonyl (C=O) groups is 6. The van der Waals surface area contributed by atoms with Crippen LogP contribution in [0.15, 0.2) is 36.8 Å². The minimum Gasteiger partial charge on any atom is -0.488 e. The molecular weight excluding hydrogens is 799 g/mol. The molecule has 4 heterocycles.